The largest absolute Gasteiger partial charge is 0.382 e. The molecule has 1 rings (SSSR count). The van der Waals surface area contributed by atoms with Gasteiger partial charge in [-0.1, -0.05) is 11.3 Å². The van der Waals surface area contributed by atoms with Crippen LogP contribution in [0.1, 0.15) is 29.9 Å². The highest BCUT2D eigenvalue weighted by molar-refractivity contribution is 7.84. The molecular weight excluding hydrogens is 296 g/mol. The number of rotatable bonds is 8. The smallest absolute Gasteiger partial charge is 0.265 e. The molecule has 1 amide bonds. The third kappa shape index (κ3) is 4.75. The van der Waals surface area contributed by atoms with Crippen molar-refractivity contribution in [2.24, 2.45) is 0 Å². The maximum atomic E-state index is 12.0. The van der Waals surface area contributed by atoms with E-state index < -0.39 is 10.8 Å². The van der Waals surface area contributed by atoms with Gasteiger partial charge in [-0.05, 0) is 20.3 Å². The molecule has 1 unspecified atom stereocenters. The Hall–Kier alpha value is -1.15. The molecule has 0 aliphatic rings. The Bertz CT molecular complexity index is 472. The minimum atomic E-state index is -0.826. The van der Waals surface area contributed by atoms with E-state index in [4.69, 9.17) is 5.73 Å². The summed E-state index contributed by atoms with van der Waals surface area (Å²) in [4.78, 5) is 18.8. The van der Waals surface area contributed by atoms with E-state index in [-0.39, 0.29) is 11.7 Å². The second kappa shape index (κ2) is 8.21. The number of carbonyl (C=O) groups is 1. The van der Waals surface area contributed by atoms with E-state index in [1.165, 1.54) is 11.3 Å². The van der Waals surface area contributed by atoms with Gasteiger partial charge in [0.05, 0.1) is 0 Å². The number of nitrogens with one attached hydrogen (secondary N) is 1. The fraction of sp³-hybridized carbons (Fsp3) is 0.667. The van der Waals surface area contributed by atoms with Gasteiger partial charge in [0.25, 0.3) is 5.91 Å². The number of nitrogens with zero attached hydrogens (tertiary/aromatic N) is 2. The van der Waals surface area contributed by atoms with Crippen molar-refractivity contribution in [3.63, 3.8) is 0 Å². The van der Waals surface area contributed by atoms with Crippen molar-refractivity contribution in [2.45, 2.75) is 20.3 Å². The van der Waals surface area contributed by atoms with Crippen LogP contribution in [0.5, 0.6) is 0 Å². The van der Waals surface area contributed by atoms with Gasteiger partial charge in [0, 0.05) is 42.4 Å². The third-order valence-corrected chi connectivity index (χ3v) is 4.77. The van der Waals surface area contributed by atoms with E-state index >= 15 is 0 Å². The highest BCUT2D eigenvalue weighted by Crippen LogP contribution is 2.27. The molecule has 0 radical (unpaired) electrons. The lowest BCUT2D eigenvalue weighted by molar-refractivity contribution is 0.0958. The molecule has 8 heteroatoms. The maximum absolute atomic E-state index is 12.0. The van der Waals surface area contributed by atoms with Crippen LogP contribution in [0.15, 0.2) is 0 Å². The van der Waals surface area contributed by atoms with Crippen molar-refractivity contribution in [3.05, 3.63) is 4.88 Å². The Kier molecular flexibility index (Phi) is 6.94. The monoisotopic (exact) mass is 318 g/mol. The van der Waals surface area contributed by atoms with Crippen molar-refractivity contribution >= 4 is 39.0 Å². The molecule has 0 spiro atoms. The van der Waals surface area contributed by atoms with Crippen LogP contribution in [-0.4, -0.2) is 46.7 Å². The predicted molar refractivity (Wildman–Crippen MR) is 86.0 cm³/mol. The van der Waals surface area contributed by atoms with Gasteiger partial charge in [0.15, 0.2) is 5.13 Å². The molecule has 0 bridgehead atoms. The fourth-order valence-corrected chi connectivity index (χ4v) is 3.25. The summed E-state index contributed by atoms with van der Waals surface area (Å²) in [6.07, 6.45) is 2.34. The predicted octanol–water partition coefficient (Wildman–Crippen LogP) is 1.07. The van der Waals surface area contributed by atoms with Crippen molar-refractivity contribution in [3.8, 4) is 0 Å². The van der Waals surface area contributed by atoms with Crippen LogP contribution in [0.25, 0.3) is 0 Å². The van der Waals surface area contributed by atoms with Crippen LogP contribution in [0.2, 0.25) is 0 Å². The molecule has 0 saturated heterocycles. The topological polar surface area (TPSA) is 88.3 Å². The van der Waals surface area contributed by atoms with E-state index in [9.17, 15) is 9.00 Å². The van der Waals surface area contributed by atoms with Gasteiger partial charge in [0.2, 0.25) is 0 Å². The zero-order chi connectivity index (χ0) is 15.1. The Labute approximate surface area is 126 Å². The molecule has 0 aliphatic carbocycles. The molecule has 0 saturated carbocycles. The highest BCUT2D eigenvalue weighted by atomic mass is 32.2. The summed E-state index contributed by atoms with van der Waals surface area (Å²) in [6, 6.07) is 0. The lowest BCUT2D eigenvalue weighted by Crippen LogP contribution is -2.25. The summed E-state index contributed by atoms with van der Waals surface area (Å²) in [5.41, 5.74) is 5.81. The molecule has 6 nitrogen and oxygen atoms in total. The fourth-order valence-electron chi connectivity index (χ4n) is 1.67. The number of nitrogen functional groups attached to an aromatic ring is 1. The maximum Gasteiger partial charge on any atom is 0.265 e. The van der Waals surface area contributed by atoms with E-state index in [1.807, 2.05) is 13.8 Å². The standard InChI is InChI=1S/C12H22N4O2S2/c1-4-16(5-2)12-15-10(13)9(19-12)11(17)14-7-6-8-20(3)18/h4-8,13H2,1-3H3,(H,14,17). The first-order chi connectivity index (χ1) is 9.49. The Morgan fingerprint density at radius 3 is 2.65 bits per heavy atom. The SMILES string of the molecule is CCN(CC)c1nc(N)c(C(=O)NCCCS(C)=O)s1. The van der Waals surface area contributed by atoms with Crippen molar-refractivity contribution in [2.75, 3.05) is 42.3 Å². The van der Waals surface area contributed by atoms with Crippen LogP contribution >= 0.6 is 11.3 Å². The second-order valence-corrected chi connectivity index (χ2v) is 6.80. The molecule has 0 aromatic carbocycles. The lowest BCUT2D eigenvalue weighted by atomic mass is 10.4. The average Bonchev–Trinajstić information content (AvgIpc) is 2.78. The van der Waals surface area contributed by atoms with Crippen LogP contribution in [0, 0.1) is 0 Å². The highest BCUT2D eigenvalue weighted by Gasteiger charge is 2.18. The van der Waals surface area contributed by atoms with E-state index in [2.05, 4.69) is 15.2 Å². The Balaban J connectivity index is 2.62. The number of anilines is 2. The van der Waals surface area contributed by atoms with Crippen molar-refractivity contribution in [1.82, 2.24) is 10.3 Å². The average molecular weight is 318 g/mol. The zero-order valence-electron chi connectivity index (χ0n) is 12.1. The number of thiazole rings is 1. The van der Waals surface area contributed by atoms with Gasteiger partial charge in [-0.3, -0.25) is 9.00 Å². The first-order valence-corrected chi connectivity index (χ1v) is 9.13. The first kappa shape index (κ1) is 16.9. The summed E-state index contributed by atoms with van der Waals surface area (Å²) >= 11 is 1.31. The molecule has 0 fully saturated rings. The summed E-state index contributed by atoms with van der Waals surface area (Å²) in [5, 5.41) is 3.55. The van der Waals surface area contributed by atoms with Crippen LogP contribution in [-0.2, 0) is 10.8 Å². The summed E-state index contributed by atoms with van der Waals surface area (Å²) in [7, 11) is -0.826. The lowest BCUT2D eigenvalue weighted by Gasteiger charge is -2.16. The summed E-state index contributed by atoms with van der Waals surface area (Å²) in [5.74, 6) is 0.650. The number of hydrogen-bond acceptors (Lipinski definition) is 6. The minimum absolute atomic E-state index is 0.208. The molecular formula is C12H22N4O2S2. The zero-order valence-corrected chi connectivity index (χ0v) is 13.8. The van der Waals surface area contributed by atoms with E-state index in [0.717, 1.165) is 18.2 Å². The molecule has 3 N–H and O–H groups in total. The van der Waals surface area contributed by atoms with Gasteiger partial charge in [-0.25, -0.2) is 4.98 Å². The van der Waals surface area contributed by atoms with Gasteiger partial charge < -0.3 is 16.0 Å². The number of aromatic nitrogens is 1. The summed E-state index contributed by atoms with van der Waals surface area (Å²) < 4.78 is 10.9. The van der Waals surface area contributed by atoms with Crippen LogP contribution in [0.3, 0.4) is 0 Å². The molecule has 1 heterocycles. The van der Waals surface area contributed by atoms with Crippen molar-refractivity contribution in [1.29, 1.82) is 0 Å². The molecule has 20 heavy (non-hydrogen) atoms. The van der Waals surface area contributed by atoms with Gasteiger partial charge in [-0.15, -0.1) is 0 Å². The molecule has 1 aromatic rings. The normalized spacial score (nSPS) is 12.2. The molecule has 1 atom stereocenters. The summed E-state index contributed by atoms with van der Waals surface area (Å²) in [6.45, 7) is 6.22. The Morgan fingerprint density at radius 1 is 1.45 bits per heavy atom. The number of amides is 1. The van der Waals surface area contributed by atoms with Gasteiger partial charge in [-0.2, -0.15) is 0 Å². The third-order valence-electron chi connectivity index (χ3n) is 2.78. The number of carbonyl (C=O) groups excluding carboxylic acids is 1. The second-order valence-electron chi connectivity index (χ2n) is 4.27. The van der Waals surface area contributed by atoms with Crippen molar-refractivity contribution < 1.29 is 9.00 Å². The minimum Gasteiger partial charge on any atom is -0.382 e. The number of nitrogens with two attached hydrogens (primary N) is 1. The van der Waals surface area contributed by atoms with Gasteiger partial charge >= 0.3 is 0 Å². The first-order valence-electron chi connectivity index (χ1n) is 6.59. The van der Waals surface area contributed by atoms with Crippen LogP contribution < -0.4 is 16.0 Å². The van der Waals surface area contributed by atoms with Gasteiger partial charge in [0.1, 0.15) is 10.7 Å². The van der Waals surface area contributed by atoms with E-state index in [0.29, 0.717) is 23.6 Å². The molecule has 114 valence electrons. The molecule has 0 aliphatic heterocycles. The Morgan fingerprint density at radius 2 is 2.10 bits per heavy atom. The van der Waals surface area contributed by atoms with E-state index in [1.54, 1.807) is 6.26 Å². The van der Waals surface area contributed by atoms with Crippen LogP contribution in [0.4, 0.5) is 10.9 Å². The number of hydrogen-bond donors (Lipinski definition) is 2. The quantitative estimate of drug-likeness (QED) is 0.700. The molecule has 1 aromatic heterocycles.